The highest BCUT2D eigenvalue weighted by atomic mass is 32.1. The van der Waals surface area contributed by atoms with Crippen LogP contribution in [0.1, 0.15) is 20.8 Å². The lowest BCUT2D eigenvalue weighted by Crippen LogP contribution is -2.23. The number of ether oxygens (including phenoxy) is 1. The Morgan fingerprint density at radius 1 is 0.935 bits per heavy atom. The molecule has 0 saturated carbocycles. The lowest BCUT2D eigenvalue weighted by Gasteiger charge is -2.09. The molecule has 31 heavy (non-hydrogen) atoms. The molecule has 0 aliphatic carbocycles. The number of nitrogens with one attached hydrogen (secondary N) is 3. The predicted octanol–water partition coefficient (Wildman–Crippen LogP) is 4.55. The molecule has 8 heteroatoms. The molecule has 0 aliphatic heterocycles. The van der Waals surface area contributed by atoms with E-state index < -0.39 is 6.09 Å². The van der Waals surface area contributed by atoms with Gasteiger partial charge in [0.15, 0.2) is 0 Å². The molecule has 0 aliphatic rings. The molecule has 3 aromatic rings. The van der Waals surface area contributed by atoms with Gasteiger partial charge in [0.05, 0.1) is 6.54 Å². The first-order valence-electron chi connectivity index (χ1n) is 9.40. The van der Waals surface area contributed by atoms with Crippen molar-refractivity contribution in [3.63, 3.8) is 0 Å². The van der Waals surface area contributed by atoms with Crippen LogP contribution < -0.4 is 16.0 Å². The summed E-state index contributed by atoms with van der Waals surface area (Å²) in [5, 5.41) is 10.1. The van der Waals surface area contributed by atoms with Gasteiger partial charge < -0.3 is 20.7 Å². The summed E-state index contributed by atoms with van der Waals surface area (Å²) in [6.45, 7) is 3.93. The van der Waals surface area contributed by atoms with Gasteiger partial charge >= 0.3 is 6.09 Å². The van der Waals surface area contributed by atoms with Crippen molar-refractivity contribution in [2.24, 2.45) is 0 Å². The average Bonchev–Trinajstić information content (AvgIpc) is 3.31. The summed E-state index contributed by atoms with van der Waals surface area (Å²) in [7, 11) is 0. The fourth-order valence-electron chi connectivity index (χ4n) is 2.56. The van der Waals surface area contributed by atoms with E-state index in [1.807, 2.05) is 17.5 Å². The van der Waals surface area contributed by atoms with Gasteiger partial charge in [-0.2, -0.15) is 0 Å². The summed E-state index contributed by atoms with van der Waals surface area (Å²) in [5.41, 5.74) is 2.43. The van der Waals surface area contributed by atoms with Crippen molar-refractivity contribution in [2.75, 3.05) is 10.6 Å². The third-order valence-corrected chi connectivity index (χ3v) is 5.05. The van der Waals surface area contributed by atoms with E-state index in [9.17, 15) is 14.4 Å². The summed E-state index contributed by atoms with van der Waals surface area (Å²) in [5.74, 6) is -0.579. The lowest BCUT2D eigenvalue weighted by molar-refractivity contribution is -0.111. The number of carbonyl (C=O) groups is 3. The molecule has 0 saturated heterocycles. The molecule has 2 aromatic carbocycles. The first kappa shape index (κ1) is 21.8. The summed E-state index contributed by atoms with van der Waals surface area (Å²) in [6.07, 6.45) is 0.685. The Morgan fingerprint density at radius 3 is 2.23 bits per heavy atom. The molecule has 1 aromatic heterocycles. The Kier molecular flexibility index (Phi) is 7.56. The van der Waals surface area contributed by atoms with Crippen molar-refractivity contribution in [3.8, 4) is 0 Å². The third kappa shape index (κ3) is 6.83. The van der Waals surface area contributed by atoms with Crippen LogP contribution in [0.3, 0.4) is 0 Å². The van der Waals surface area contributed by atoms with Crippen LogP contribution in [-0.2, 0) is 22.7 Å². The number of hydrogen-bond donors (Lipinski definition) is 3. The zero-order chi connectivity index (χ0) is 22.1. The standard InChI is InChI=1S/C23H21N3O4S/c1-2-21(27)25-18-9-11-19(12-10-18)26-22(28)17-7-5-16(6-8-17)15-30-23(29)24-14-20-4-3-13-31-20/h2-13H,1,14-15H2,(H,24,29)(H,25,27)(H,26,28). The van der Waals surface area contributed by atoms with Crippen LogP contribution in [0.15, 0.2) is 78.7 Å². The lowest BCUT2D eigenvalue weighted by atomic mass is 10.1. The average molecular weight is 436 g/mol. The second kappa shape index (κ2) is 10.7. The maximum atomic E-state index is 12.4. The number of amides is 3. The van der Waals surface area contributed by atoms with Crippen LogP contribution in [0, 0.1) is 0 Å². The van der Waals surface area contributed by atoms with Gasteiger partial charge in [-0.25, -0.2) is 4.79 Å². The molecule has 158 valence electrons. The maximum absolute atomic E-state index is 12.4. The number of anilines is 2. The van der Waals surface area contributed by atoms with Crippen LogP contribution in [0.4, 0.5) is 16.2 Å². The minimum atomic E-state index is -0.497. The number of thiophene rings is 1. The Balaban J connectivity index is 1.46. The van der Waals surface area contributed by atoms with Crippen LogP contribution in [0.25, 0.3) is 0 Å². The molecular formula is C23H21N3O4S. The Hall–Kier alpha value is -3.91. The van der Waals surface area contributed by atoms with E-state index >= 15 is 0 Å². The van der Waals surface area contributed by atoms with Crippen LogP contribution >= 0.6 is 11.3 Å². The van der Waals surface area contributed by atoms with Gasteiger partial charge in [-0.15, -0.1) is 11.3 Å². The highest BCUT2D eigenvalue weighted by molar-refractivity contribution is 7.09. The number of alkyl carbamates (subject to hydrolysis) is 1. The smallest absolute Gasteiger partial charge is 0.407 e. The normalized spacial score (nSPS) is 10.1. The van der Waals surface area contributed by atoms with Gasteiger partial charge in [-0.05, 0) is 59.5 Å². The summed E-state index contributed by atoms with van der Waals surface area (Å²) in [6, 6.07) is 17.4. The van der Waals surface area contributed by atoms with Gasteiger partial charge in [0.2, 0.25) is 5.91 Å². The molecular weight excluding hydrogens is 414 g/mol. The van der Waals surface area contributed by atoms with Crippen LogP contribution in [-0.4, -0.2) is 17.9 Å². The fourth-order valence-corrected chi connectivity index (χ4v) is 3.20. The fraction of sp³-hybridized carbons (Fsp3) is 0.0870. The molecule has 3 rings (SSSR count). The summed E-state index contributed by atoms with van der Waals surface area (Å²) >= 11 is 1.56. The predicted molar refractivity (Wildman–Crippen MR) is 121 cm³/mol. The van der Waals surface area contributed by atoms with Gasteiger partial charge in [-0.1, -0.05) is 24.8 Å². The SMILES string of the molecule is C=CC(=O)Nc1ccc(NC(=O)c2ccc(COC(=O)NCc3cccs3)cc2)cc1. The van der Waals surface area contributed by atoms with Crippen molar-refractivity contribution >= 4 is 40.6 Å². The quantitative estimate of drug-likeness (QED) is 0.452. The number of rotatable bonds is 8. The maximum Gasteiger partial charge on any atom is 0.407 e. The highest BCUT2D eigenvalue weighted by Gasteiger charge is 2.08. The Bertz CT molecular complexity index is 1050. The zero-order valence-electron chi connectivity index (χ0n) is 16.6. The van der Waals surface area contributed by atoms with Gasteiger partial charge in [0.25, 0.3) is 5.91 Å². The van der Waals surface area contributed by atoms with Crippen molar-refractivity contribution in [1.82, 2.24) is 5.32 Å². The second-order valence-electron chi connectivity index (χ2n) is 6.43. The van der Waals surface area contributed by atoms with Crippen molar-refractivity contribution in [2.45, 2.75) is 13.2 Å². The third-order valence-electron chi connectivity index (χ3n) is 4.17. The van der Waals surface area contributed by atoms with E-state index in [1.54, 1.807) is 59.9 Å². The van der Waals surface area contributed by atoms with Crippen molar-refractivity contribution in [1.29, 1.82) is 0 Å². The molecule has 7 nitrogen and oxygen atoms in total. The number of benzene rings is 2. The first-order valence-corrected chi connectivity index (χ1v) is 10.3. The summed E-state index contributed by atoms with van der Waals surface area (Å²) in [4.78, 5) is 36.5. The van der Waals surface area contributed by atoms with Gasteiger partial charge in [0, 0.05) is 21.8 Å². The molecule has 0 bridgehead atoms. The number of hydrogen-bond acceptors (Lipinski definition) is 5. The molecule has 3 amide bonds. The topological polar surface area (TPSA) is 96.5 Å². The molecule has 0 unspecified atom stereocenters. The first-order chi connectivity index (χ1) is 15.0. The van der Waals surface area contributed by atoms with Crippen molar-refractivity contribution in [3.05, 3.63) is 94.7 Å². The molecule has 3 N–H and O–H groups in total. The number of carbonyl (C=O) groups excluding carboxylic acids is 3. The summed E-state index contributed by atoms with van der Waals surface area (Å²) < 4.78 is 5.19. The van der Waals surface area contributed by atoms with Gasteiger partial charge in [-0.3, -0.25) is 9.59 Å². The van der Waals surface area contributed by atoms with E-state index in [2.05, 4.69) is 22.5 Å². The molecule has 0 fully saturated rings. The Labute approximate surface area is 183 Å². The zero-order valence-corrected chi connectivity index (χ0v) is 17.4. The van der Waals surface area contributed by atoms with Crippen LogP contribution in [0.5, 0.6) is 0 Å². The molecule has 0 atom stereocenters. The van der Waals surface area contributed by atoms with E-state index in [0.29, 0.717) is 23.5 Å². The Morgan fingerprint density at radius 2 is 1.61 bits per heavy atom. The minimum Gasteiger partial charge on any atom is -0.445 e. The van der Waals surface area contributed by atoms with E-state index in [4.69, 9.17) is 4.74 Å². The monoisotopic (exact) mass is 435 g/mol. The van der Waals surface area contributed by atoms with Crippen LogP contribution in [0.2, 0.25) is 0 Å². The highest BCUT2D eigenvalue weighted by Crippen LogP contribution is 2.15. The second-order valence-corrected chi connectivity index (χ2v) is 7.46. The molecule has 0 radical (unpaired) electrons. The van der Waals surface area contributed by atoms with Crippen molar-refractivity contribution < 1.29 is 19.1 Å². The van der Waals surface area contributed by atoms with Gasteiger partial charge in [0.1, 0.15) is 6.61 Å². The largest absolute Gasteiger partial charge is 0.445 e. The van der Waals surface area contributed by atoms with E-state index in [0.717, 1.165) is 10.4 Å². The molecule has 0 spiro atoms. The van der Waals surface area contributed by atoms with E-state index in [-0.39, 0.29) is 18.4 Å². The minimum absolute atomic E-state index is 0.107. The van der Waals surface area contributed by atoms with E-state index in [1.165, 1.54) is 6.08 Å². The molecule has 1 heterocycles.